The van der Waals surface area contributed by atoms with Gasteiger partial charge in [-0.1, -0.05) is 35.3 Å². The van der Waals surface area contributed by atoms with E-state index in [4.69, 9.17) is 23.2 Å². The molecule has 0 aliphatic carbocycles. The summed E-state index contributed by atoms with van der Waals surface area (Å²) >= 11 is 18.1. The smallest absolute Gasteiger partial charge is 0.246 e. The van der Waals surface area contributed by atoms with E-state index in [1.807, 2.05) is 18.4 Å². The van der Waals surface area contributed by atoms with Gasteiger partial charge in [-0.25, -0.2) is 8.42 Å². The first-order valence-corrected chi connectivity index (χ1v) is 12.4. The van der Waals surface area contributed by atoms with Crippen molar-refractivity contribution >= 4 is 77.9 Å². The number of thioether (sulfide) groups is 1. The van der Waals surface area contributed by atoms with Crippen molar-refractivity contribution in [2.75, 3.05) is 37.3 Å². The summed E-state index contributed by atoms with van der Waals surface area (Å²) < 4.78 is 28.2. The van der Waals surface area contributed by atoms with Crippen molar-refractivity contribution in [1.29, 1.82) is 0 Å². The standard InChI is InChI=1S/C15H15BrCl2N2O2S3/c1-23-11-5-3-2-4-10(11)19-6-8-20(9-7-19)25(21,22)13-12(16)14(17)24-15(13)18/h2-5H,6-9H2,1H3. The van der Waals surface area contributed by atoms with Crippen molar-refractivity contribution in [1.82, 2.24) is 4.31 Å². The van der Waals surface area contributed by atoms with Crippen LogP contribution < -0.4 is 4.90 Å². The highest BCUT2D eigenvalue weighted by Crippen LogP contribution is 2.44. The first-order chi connectivity index (χ1) is 11.9. The molecule has 2 aromatic rings. The SMILES string of the molecule is CSc1ccccc1N1CCN(S(=O)(=O)c2c(Cl)sc(Cl)c2Br)CC1. The predicted molar refractivity (Wildman–Crippen MR) is 111 cm³/mol. The van der Waals surface area contributed by atoms with Gasteiger partial charge >= 0.3 is 0 Å². The fourth-order valence-corrected chi connectivity index (χ4v) is 8.27. The fourth-order valence-electron chi connectivity index (χ4n) is 2.75. The Hall–Kier alpha value is 0.0400. The molecule has 0 saturated carbocycles. The van der Waals surface area contributed by atoms with E-state index in [1.165, 1.54) is 9.20 Å². The molecule has 0 amide bonds. The van der Waals surface area contributed by atoms with Gasteiger partial charge in [0, 0.05) is 31.1 Å². The van der Waals surface area contributed by atoms with Gasteiger partial charge in [-0.2, -0.15) is 4.31 Å². The average molecular weight is 502 g/mol. The lowest BCUT2D eigenvalue weighted by molar-refractivity contribution is 0.384. The Bertz CT molecular complexity index is 881. The quantitative estimate of drug-likeness (QED) is 0.549. The third-order valence-corrected chi connectivity index (χ3v) is 10.1. The molecule has 0 atom stereocenters. The molecule has 1 aromatic carbocycles. The maximum Gasteiger partial charge on any atom is 0.246 e. The maximum atomic E-state index is 12.9. The molecule has 1 aliphatic rings. The van der Waals surface area contributed by atoms with Crippen LogP contribution in [0, 0.1) is 0 Å². The van der Waals surface area contributed by atoms with Crippen molar-refractivity contribution in [3.05, 3.63) is 37.4 Å². The van der Waals surface area contributed by atoms with E-state index in [-0.39, 0.29) is 9.23 Å². The van der Waals surface area contributed by atoms with Crippen LogP contribution in [0.15, 0.2) is 38.5 Å². The Balaban J connectivity index is 1.80. The molecule has 1 fully saturated rings. The molecule has 10 heteroatoms. The summed E-state index contributed by atoms with van der Waals surface area (Å²) in [5.41, 5.74) is 1.14. The molecule has 1 aliphatic heterocycles. The number of hydrogen-bond donors (Lipinski definition) is 0. The molecule has 0 bridgehead atoms. The van der Waals surface area contributed by atoms with Crippen molar-refractivity contribution in [3.8, 4) is 0 Å². The van der Waals surface area contributed by atoms with Gasteiger partial charge in [-0.15, -0.1) is 23.1 Å². The minimum atomic E-state index is -3.68. The molecule has 0 unspecified atom stereocenters. The molecule has 25 heavy (non-hydrogen) atoms. The second-order valence-electron chi connectivity index (χ2n) is 5.36. The third-order valence-electron chi connectivity index (χ3n) is 3.99. The van der Waals surface area contributed by atoms with Crippen molar-refractivity contribution < 1.29 is 8.42 Å². The Morgan fingerprint density at radius 3 is 2.32 bits per heavy atom. The van der Waals surface area contributed by atoms with Gasteiger partial charge in [0.25, 0.3) is 0 Å². The zero-order chi connectivity index (χ0) is 18.2. The number of para-hydroxylation sites is 1. The Morgan fingerprint density at radius 2 is 1.76 bits per heavy atom. The summed E-state index contributed by atoms with van der Waals surface area (Å²) in [6.07, 6.45) is 2.04. The minimum absolute atomic E-state index is 0.0714. The van der Waals surface area contributed by atoms with Crippen LogP contribution in [0.5, 0.6) is 0 Å². The third kappa shape index (κ3) is 3.85. The van der Waals surface area contributed by atoms with Crippen LogP contribution in [0.25, 0.3) is 0 Å². The van der Waals surface area contributed by atoms with Gasteiger partial charge in [-0.05, 0) is 34.3 Å². The zero-order valence-electron chi connectivity index (χ0n) is 13.2. The number of thiophene rings is 1. The number of hydrogen-bond acceptors (Lipinski definition) is 5. The van der Waals surface area contributed by atoms with Crippen LogP contribution in [0.4, 0.5) is 5.69 Å². The molecule has 0 radical (unpaired) electrons. The summed E-state index contributed by atoms with van der Waals surface area (Å²) in [5.74, 6) is 0. The van der Waals surface area contributed by atoms with Crippen LogP contribution in [0.2, 0.25) is 8.67 Å². The lowest BCUT2D eigenvalue weighted by Crippen LogP contribution is -2.48. The number of halogens is 3. The van der Waals surface area contributed by atoms with Gasteiger partial charge in [0.2, 0.25) is 10.0 Å². The first kappa shape index (κ1) is 19.8. The second-order valence-corrected chi connectivity index (χ2v) is 11.1. The van der Waals surface area contributed by atoms with Crippen LogP contribution in [-0.2, 0) is 10.0 Å². The predicted octanol–water partition coefficient (Wildman–Crippen LogP) is 5.05. The Kier molecular flexibility index (Phi) is 6.30. The van der Waals surface area contributed by atoms with Crippen LogP contribution in [0.3, 0.4) is 0 Å². The lowest BCUT2D eigenvalue weighted by Gasteiger charge is -2.36. The maximum absolute atomic E-state index is 12.9. The highest BCUT2D eigenvalue weighted by molar-refractivity contribution is 9.10. The largest absolute Gasteiger partial charge is 0.368 e. The lowest BCUT2D eigenvalue weighted by atomic mass is 10.2. The molecular weight excluding hydrogens is 487 g/mol. The van der Waals surface area contributed by atoms with E-state index >= 15 is 0 Å². The minimum Gasteiger partial charge on any atom is -0.368 e. The number of nitrogens with zero attached hydrogens (tertiary/aromatic N) is 2. The zero-order valence-corrected chi connectivity index (χ0v) is 18.8. The molecule has 0 N–H and O–H groups in total. The van der Waals surface area contributed by atoms with Crippen molar-refractivity contribution in [3.63, 3.8) is 0 Å². The fraction of sp³-hybridized carbons (Fsp3) is 0.333. The number of anilines is 1. The molecule has 136 valence electrons. The van der Waals surface area contributed by atoms with Gasteiger partial charge in [0.05, 0.1) is 10.2 Å². The summed E-state index contributed by atoms with van der Waals surface area (Å²) in [4.78, 5) is 3.48. The monoisotopic (exact) mass is 500 g/mol. The van der Waals surface area contributed by atoms with Gasteiger partial charge in [-0.3, -0.25) is 0 Å². The number of benzene rings is 1. The number of piperazine rings is 1. The molecular formula is C15H15BrCl2N2O2S3. The van der Waals surface area contributed by atoms with Gasteiger partial charge in [0.15, 0.2) is 0 Å². The first-order valence-electron chi connectivity index (χ1n) is 7.37. The highest BCUT2D eigenvalue weighted by atomic mass is 79.9. The number of rotatable bonds is 4. The molecule has 4 nitrogen and oxygen atoms in total. The summed E-state index contributed by atoms with van der Waals surface area (Å²) in [5, 5.41) is 0. The van der Waals surface area contributed by atoms with E-state index in [1.54, 1.807) is 11.8 Å². The van der Waals surface area contributed by atoms with E-state index in [0.29, 0.717) is 35.0 Å². The normalized spacial score (nSPS) is 16.4. The van der Waals surface area contributed by atoms with Crippen LogP contribution in [0.1, 0.15) is 0 Å². The topological polar surface area (TPSA) is 40.6 Å². The summed E-state index contributed by atoms with van der Waals surface area (Å²) in [6, 6.07) is 8.16. The number of sulfonamides is 1. The van der Waals surface area contributed by atoms with E-state index in [9.17, 15) is 8.42 Å². The molecule has 3 rings (SSSR count). The molecule has 1 saturated heterocycles. The Morgan fingerprint density at radius 1 is 1.12 bits per heavy atom. The van der Waals surface area contributed by atoms with Crippen LogP contribution in [-0.4, -0.2) is 45.2 Å². The summed E-state index contributed by atoms with van der Waals surface area (Å²) in [7, 11) is -3.68. The van der Waals surface area contributed by atoms with Crippen molar-refractivity contribution in [2.45, 2.75) is 9.79 Å². The van der Waals surface area contributed by atoms with E-state index in [0.717, 1.165) is 17.0 Å². The molecule has 1 aromatic heterocycles. The van der Waals surface area contributed by atoms with Crippen molar-refractivity contribution in [2.24, 2.45) is 0 Å². The van der Waals surface area contributed by atoms with Gasteiger partial charge < -0.3 is 4.90 Å². The molecule has 0 spiro atoms. The molecule has 2 heterocycles. The van der Waals surface area contributed by atoms with E-state index < -0.39 is 10.0 Å². The second kappa shape index (κ2) is 7.96. The Labute approximate surface area is 174 Å². The average Bonchev–Trinajstić information content (AvgIpc) is 2.87. The summed E-state index contributed by atoms with van der Waals surface area (Å²) in [6.45, 7) is 2.07. The van der Waals surface area contributed by atoms with E-state index in [2.05, 4.69) is 33.0 Å². The van der Waals surface area contributed by atoms with Crippen LogP contribution >= 0.6 is 62.2 Å². The highest BCUT2D eigenvalue weighted by Gasteiger charge is 2.34. The van der Waals surface area contributed by atoms with Gasteiger partial charge in [0.1, 0.15) is 13.6 Å².